The molecule has 2 rings (SSSR count). The summed E-state index contributed by atoms with van der Waals surface area (Å²) in [5.41, 5.74) is 1.81. The average molecular weight is 264 g/mol. The molecule has 0 aromatic carbocycles. The zero-order valence-corrected chi connectivity index (χ0v) is 11.5. The van der Waals surface area contributed by atoms with Gasteiger partial charge in [0.05, 0.1) is 17.1 Å². The minimum Gasteiger partial charge on any atom is -0.309 e. The van der Waals surface area contributed by atoms with Gasteiger partial charge in [-0.2, -0.15) is 5.10 Å². The van der Waals surface area contributed by atoms with Crippen LogP contribution in [-0.4, -0.2) is 21.1 Å². The molecule has 6 heteroatoms. The van der Waals surface area contributed by atoms with Crippen LogP contribution in [0.4, 0.5) is 5.82 Å². The molecule has 1 amide bonds. The summed E-state index contributed by atoms with van der Waals surface area (Å²) in [5, 5.41) is 12.6. The van der Waals surface area contributed by atoms with Crippen LogP contribution in [0.2, 0.25) is 0 Å². The second-order valence-corrected chi connectivity index (χ2v) is 5.51. The lowest BCUT2D eigenvalue weighted by molar-refractivity contribution is -0.115. The average Bonchev–Trinajstić information content (AvgIpc) is 2.88. The van der Waals surface area contributed by atoms with Crippen molar-refractivity contribution < 1.29 is 4.79 Å². The van der Waals surface area contributed by atoms with Gasteiger partial charge >= 0.3 is 0 Å². The quantitative estimate of drug-likeness (QED) is 0.891. The Balaban J connectivity index is 1.94. The van der Waals surface area contributed by atoms with Crippen molar-refractivity contribution >= 4 is 23.1 Å². The summed E-state index contributed by atoms with van der Waals surface area (Å²) in [7, 11) is 0. The van der Waals surface area contributed by atoms with E-state index in [1.807, 2.05) is 18.4 Å². The lowest BCUT2D eigenvalue weighted by atomic mass is 10.1. The SMILES string of the molecule is Cc1nc(CC(=O)Nc2cc(C(C)C)[nH]n2)cs1. The van der Waals surface area contributed by atoms with Crippen molar-refractivity contribution in [2.75, 3.05) is 5.32 Å². The summed E-state index contributed by atoms with van der Waals surface area (Å²) >= 11 is 1.55. The highest BCUT2D eigenvalue weighted by Crippen LogP contribution is 2.15. The normalized spacial score (nSPS) is 10.9. The van der Waals surface area contributed by atoms with Gasteiger partial charge in [0.25, 0.3) is 0 Å². The Bertz CT molecular complexity index is 544. The van der Waals surface area contributed by atoms with Crippen LogP contribution < -0.4 is 5.32 Å². The van der Waals surface area contributed by atoms with E-state index < -0.39 is 0 Å². The van der Waals surface area contributed by atoms with Gasteiger partial charge in [0, 0.05) is 17.1 Å². The van der Waals surface area contributed by atoms with Gasteiger partial charge in [-0.3, -0.25) is 9.89 Å². The molecule has 2 aromatic rings. The van der Waals surface area contributed by atoms with Crippen LogP contribution in [-0.2, 0) is 11.2 Å². The molecule has 0 unspecified atom stereocenters. The number of nitrogens with one attached hydrogen (secondary N) is 2. The minimum atomic E-state index is -0.0953. The lowest BCUT2D eigenvalue weighted by Gasteiger charge is -1.99. The van der Waals surface area contributed by atoms with E-state index in [4.69, 9.17) is 0 Å². The van der Waals surface area contributed by atoms with Crippen molar-refractivity contribution in [1.82, 2.24) is 15.2 Å². The molecule has 0 fully saturated rings. The molecule has 5 nitrogen and oxygen atoms in total. The molecule has 0 aliphatic carbocycles. The van der Waals surface area contributed by atoms with Crippen molar-refractivity contribution in [1.29, 1.82) is 0 Å². The van der Waals surface area contributed by atoms with E-state index in [1.165, 1.54) is 0 Å². The van der Waals surface area contributed by atoms with E-state index in [2.05, 4.69) is 34.3 Å². The zero-order valence-electron chi connectivity index (χ0n) is 10.7. The van der Waals surface area contributed by atoms with E-state index in [1.54, 1.807) is 11.3 Å². The van der Waals surface area contributed by atoms with Gasteiger partial charge < -0.3 is 5.32 Å². The summed E-state index contributed by atoms with van der Waals surface area (Å²) in [6.45, 7) is 6.06. The molecule has 2 N–H and O–H groups in total. The number of amides is 1. The van der Waals surface area contributed by atoms with Gasteiger partial charge in [-0.25, -0.2) is 4.98 Å². The van der Waals surface area contributed by atoms with Crippen LogP contribution in [0, 0.1) is 6.92 Å². The highest BCUT2D eigenvalue weighted by atomic mass is 32.1. The number of thiazole rings is 1. The molecular weight excluding hydrogens is 248 g/mol. The molecule has 18 heavy (non-hydrogen) atoms. The Morgan fingerprint density at radius 2 is 2.33 bits per heavy atom. The molecule has 0 radical (unpaired) electrons. The topological polar surface area (TPSA) is 70.7 Å². The first-order chi connectivity index (χ1) is 8.54. The minimum absolute atomic E-state index is 0.0953. The number of carbonyl (C=O) groups is 1. The lowest BCUT2D eigenvalue weighted by Crippen LogP contribution is -2.14. The fourth-order valence-electron chi connectivity index (χ4n) is 1.54. The zero-order chi connectivity index (χ0) is 13.1. The van der Waals surface area contributed by atoms with Crippen molar-refractivity contribution in [2.45, 2.75) is 33.1 Å². The predicted octanol–water partition coefficient (Wildman–Crippen LogP) is 2.48. The molecule has 96 valence electrons. The number of carbonyl (C=O) groups excluding carboxylic acids is 1. The smallest absolute Gasteiger partial charge is 0.231 e. The number of rotatable bonds is 4. The third-order valence-corrected chi connectivity index (χ3v) is 3.32. The second kappa shape index (κ2) is 5.30. The molecule has 0 aliphatic rings. The Labute approximate surface area is 110 Å². The van der Waals surface area contributed by atoms with Crippen molar-refractivity contribution in [3.8, 4) is 0 Å². The first-order valence-corrected chi connectivity index (χ1v) is 6.68. The third-order valence-electron chi connectivity index (χ3n) is 2.50. The molecule has 0 spiro atoms. The fourth-order valence-corrected chi connectivity index (χ4v) is 2.15. The van der Waals surface area contributed by atoms with Crippen LogP contribution in [0.5, 0.6) is 0 Å². The Kier molecular flexibility index (Phi) is 3.76. The number of hydrogen-bond acceptors (Lipinski definition) is 4. The highest BCUT2D eigenvalue weighted by Gasteiger charge is 2.10. The van der Waals surface area contributed by atoms with Gasteiger partial charge in [0.1, 0.15) is 0 Å². The number of aryl methyl sites for hydroxylation is 1. The first-order valence-electron chi connectivity index (χ1n) is 5.80. The molecular formula is C12H16N4OS. The molecule has 0 saturated heterocycles. The summed E-state index contributed by atoms with van der Waals surface area (Å²) in [6.07, 6.45) is 0.286. The van der Waals surface area contributed by atoms with E-state index >= 15 is 0 Å². The molecule has 0 saturated carbocycles. The summed E-state index contributed by atoms with van der Waals surface area (Å²) in [5.74, 6) is 0.835. The Hall–Kier alpha value is -1.69. The van der Waals surface area contributed by atoms with Crippen LogP contribution in [0.1, 0.15) is 36.2 Å². The van der Waals surface area contributed by atoms with Gasteiger partial charge in [-0.15, -0.1) is 11.3 Å². The molecule has 0 atom stereocenters. The van der Waals surface area contributed by atoms with Crippen LogP contribution in [0.3, 0.4) is 0 Å². The Morgan fingerprint density at radius 1 is 1.56 bits per heavy atom. The van der Waals surface area contributed by atoms with Gasteiger partial charge in [-0.1, -0.05) is 13.8 Å². The van der Waals surface area contributed by atoms with Crippen molar-refractivity contribution in [3.05, 3.63) is 27.8 Å². The van der Waals surface area contributed by atoms with Gasteiger partial charge in [-0.05, 0) is 12.8 Å². The first kappa shape index (κ1) is 12.8. The molecule has 0 aliphatic heterocycles. The number of anilines is 1. The van der Waals surface area contributed by atoms with Crippen LogP contribution >= 0.6 is 11.3 Å². The fraction of sp³-hybridized carbons (Fsp3) is 0.417. The molecule has 2 heterocycles. The van der Waals surface area contributed by atoms with Crippen LogP contribution in [0.15, 0.2) is 11.4 Å². The van der Waals surface area contributed by atoms with Crippen LogP contribution in [0.25, 0.3) is 0 Å². The molecule has 2 aromatic heterocycles. The maximum Gasteiger partial charge on any atom is 0.231 e. The van der Waals surface area contributed by atoms with E-state index in [9.17, 15) is 4.79 Å². The summed E-state index contributed by atoms with van der Waals surface area (Å²) < 4.78 is 0. The third kappa shape index (κ3) is 3.16. The largest absolute Gasteiger partial charge is 0.309 e. The number of aromatic amines is 1. The maximum atomic E-state index is 11.8. The summed E-state index contributed by atoms with van der Waals surface area (Å²) in [4.78, 5) is 16.0. The van der Waals surface area contributed by atoms with Gasteiger partial charge in [0.15, 0.2) is 5.82 Å². The summed E-state index contributed by atoms with van der Waals surface area (Å²) in [6, 6.07) is 1.86. The number of nitrogens with zero attached hydrogens (tertiary/aromatic N) is 2. The predicted molar refractivity (Wildman–Crippen MR) is 71.9 cm³/mol. The maximum absolute atomic E-state index is 11.8. The number of H-pyrrole nitrogens is 1. The Morgan fingerprint density at radius 3 is 2.89 bits per heavy atom. The number of hydrogen-bond donors (Lipinski definition) is 2. The number of aromatic nitrogens is 3. The standard InChI is InChI=1S/C12H16N4OS/c1-7(2)10-5-11(16-15-10)14-12(17)4-9-6-18-8(3)13-9/h5-7H,4H2,1-3H3,(H2,14,15,16,17). The van der Waals surface area contributed by atoms with Crippen molar-refractivity contribution in [3.63, 3.8) is 0 Å². The monoisotopic (exact) mass is 264 g/mol. The van der Waals surface area contributed by atoms with E-state index in [0.29, 0.717) is 11.7 Å². The highest BCUT2D eigenvalue weighted by molar-refractivity contribution is 7.09. The van der Waals surface area contributed by atoms with E-state index in [0.717, 1.165) is 16.4 Å². The van der Waals surface area contributed by atoms with E-state index in [-0.39, 0.29) is 12.3 Å². The van der Waals surface area contributed by atoms with Crippen molar-refractivity contribution in [2.24, 2.45) is 0 Å². The molecule has 0 bridgehead atoms. The van der Waals surface area contributed by atoms with Gasteiger partial charge in [0.2, 0.25) is 5.91 Å². The second-order valence-electron chi connectivity index (χ2n) is 4.45.